The van der Waals surface area contributed by atoms with Gasteiger partial charge in [-0.05, 0) is 27.7 Å². The van der Waals surface area contributed by atoms with E-state index < -0.39 is 5.60 Å². The van der Waals surface area contributed by atoms with Gasteiger partial charge >= 0.3 is 0 Å². The molecule has 1 heterocycles. The van der Waals surface area contributed by atoms with Gasteiger partial charge in [0.15, 0.2) is 5.60 Å². The van der Waals surface area contributed by atoms with Crippen LogP contribution in [0.3, 0.4) is 0 Å². The van der Waals surface area contributed by atoms with Crippen LogP contribution in [-0.2, 0) is 9.53 Å². The van der Waals surface area contributed by atoms with Crippen LogP contribution in [0.25, 0.3) is 0 Å². The standard InChI is InChI=1S/C8H15NO2/c1-7(2,3)9-6(10)8(4)5-11-8/h5H2,1-4H3,(H,9,10)/t8-/m1/s1. The van der Waals surface area contributed by atoms with Gasteiger partial charge in [-0.1, -0.05) is 0 Å². The summed E-state index contributed by atoms with van der Waals surface area (Å²) in [5.74, 6) is -0.00926. The van der Waals surface area contributed by atoms with Gasteiger partial charge in [0.1, 0.15) is 0 Å². The minimum absolute atomic E-state index is 0.00926. The third-order valence-electron chi connectivity index (χ3n) is 1.55. The number of carbonyl (C=O) groups excluding carboxylic acids is 1. The quantitative estimate of drug-likeness (QED) is 0.569. The van der Waals surface area contributed by atoms with Gasteiger partial charge in [-0.25, -0.2) is 0 Å². The van der Waals surface area contributed by atoms with Crippen LogP contribution in [0.2, 0.25) is 0 Å². The molecular formula is C8H15NO2. The van der Waals surface area contributed by atoms with E-state index in [-0.39, 0.29) is 11.4 Å². The molecule has 0 unspecified atom stereocenters. The Balaban J connectivity index is 2.45. The minimum atomic E-state index is -0.534. The molecule has 1 amide bonds. The van der Waals surface area contributed by atoms with Crippen molar-refractivity contribution in [2.24, 2.45) is 0 Å². The Hall–Kier alpha value is -0.570. The molecule has 1 saturated heterocycles. The van der Waals surface area contributed by atoms with Crippen molar-refractivity contribution in [1.29, 1.82) is 0 Å². The van der Waals surface area contributed by atoms with E-state index in [0.29, 0.717) is 6.61 Å². The maximum absolute atomic E-state index is 11.3. The number of nitrogens with one attached hydrogen (secondary N) is 1. The van der Waals surface area contributed by atoms with Gasteiger partial charge in [0, 0.05) is 5.54 Å². The van der Waals surface area contributed by atoms with Gasteiger partial charge in [-0.15, -0.1) is 0 Å². The first-order valence-electron chi connectivity index (χ1n) is 3.80. The number of hydrogen-bond acceptors (Lipinski definition) is 2. The van der Waals surface area contributed by atoms with Gasteiger partial charge in [0.05, 0.1) is 6.61 Å². The highest BCUT2D eigenvalue weighted by Gasteiger charge is 2.48. The molecule has 64 valence electrons. The Morgan fingerprint density at radius 1 is 1.55 bits per heavy atom. The predicted octanol–water partition coefficient (Wildman–Crippen LogP) is 0.690. The smallest absolute Gasteiger partial charge is 0.254 e. The molecule has 0 aliphatic carbocycles. The second-order valence-corrected chi connectivity index (χ2v) is 4.22. The molecule has 1 aliphatic rings. The third kappa shape index (κ3) is 2.19. The molecular weight excluding hydrogens is 142 g/mol. The van der Waals surface area contributed by atoms with Gasteiger partial charge < -0.3 is 10.1 Å². The van der Waals surface area contributed by atoms with Crippen molar-refractivity contribution in [3.05, 3.63) is 0 Å². The average Bonchev–Trinajstić information content (AvgIpc) is 2.44. The van der Waals surface area contributed by atoms with E-state index in [2.05, 4.69) is 5.32 Å². The highest BCUT2D eigenvalue weighted by molar-refractivity contribution is 5.87. The Bertz CT molecular complexity index is 177. The zero-order valence-electron chi connectivity index (χ0n) is 7.52. The summed E-state index contributed by atoms with van der Waals surface area (Å²) in [6.45, 7) is 8.22. The molecule has 3 heteroatoms. The van der Waals surface area contributed by atoms with Crippen molar-refractivity contribution >= 4 is 5.91 Å². The van der Waals surface area contributed by atoms with Crippen LogP contribution >= 0.6 is 0 Å². The zero-order valence-corrected chi connectivity index (χ0v) is 7.52. The second kappa shape index (κ2) is 2.21. The maximum Gasteiger partial charge on any atom is 0.254 e. The second-order valence-electron chi connectivity index (χ2n) is 4.22. The maximum atomic E-state index is 11.3. The molecule has 0 aromatic heterocycles. The highest BCUT2D eigenvalue weighted by Crippen LogP contribution is 2.26. The lowest BCUT2D eigenvalue weighted by Gasteiger charge is -2.21. The Morgan fingerprint density at radius 2 is 2.00 bits per heavy atom. The summed E-state index contributed by atoms with van der Waals surface area (Å²) in [6, 6.07) is 0. The predicted molar refractivity (Wildman–Crippen MR) is 42.3 cm³/mol. The van der Waals surface area contributed by atoms with Crippen molar-refractivity contribution < 1.29 is 9.53 Å². The Morgan fingerprint density at radius 3 is 2.27 bits per heavy atom. The number of epoxide rings is 1. The first kappa shape index (κ1) is 8.53. The number of carbonyl (C=O) groups is 1. The van der Waals surface area contributed by atoms with Crippen molar-refractivity contribution in [3.63, 3.8) is 0 Å². The summed E-state index contributed by atoms with van der Waals surface area (Å²) in [6.07, 6.45) is 0. The number of rotatable bonds is 1. The third-order valence-corrected chi connectivity index (χ3v) is 1.55. The van der Waals surface area contributed by atoms with Crippen molar-refractivity contribution in [2.45, 2.75) is 38.8 Å². The lowest BCUT2D eigenvalue weighted by atomic mass is 10.1. The van der Waals surface area contributed by atoms with E-state index in [1.165, 1.54) is 0 Å². The first-order valence-corrected chi connectivity index (χ1v) is 3.80. The Labute approximate surface area is 67.1 Å². The molecule has 1 aliphatic heterocycles. The first-order chi connectivity index (χ1) is 4.83. The molecule has 0 radical (unpaired) electrons. The molecule has 0 aromatic carbocycles. The molecule has 1 fully saturated rings. The summed E-state index contributed by atoms with van der Waals surface area (Å²) >= 11 is 0. The fraction of sp³-hybridized carbons (Fsp3) is 0.875. The zero-order chi connectivity index (χ0) is 8.70. The number of ether oxygens (including phenoxy) is 1. The summed E-state index contributed by atoms with van der Waals surface area (Å²) in [5.41, 5.74) is -0.695. The van der Waals surface area contributed by atoms with Crippen LogP contribution < -0.4 is 5.32 Å². The van der Waals surface area contributed by atoms with E-state index in [1.54, 1.807) is 6.92 Å². The van der Waals surface area contributed by atoms with E-state index in [1.807, 2.05) is 20.8 Å². The van der Waals surface area contributed by atoms with Crippen LogP contribution in [-0.4, -0.2) is 23.7 Å². The van der Waals surface area contributed by atoms with E-state index >= 15 is 0 Å². The lowest BCUT2D eigenvalue weighted by molar-refractivity contribution is -0.127. The largest absolute Gasteiger partial charge is 0.359 e. The Kier molecular flexibility index (Phi) is 1.71. The molecule has 3 nitrogen and oxygen atoms in total. The molecule has 0 aromatic rings. The fourth-order valence-electron chi connectivity index (χ4n) is 0.712. The van der Waals surface area contributed by atoms with Gasteiger partial charge in [-0.2, -0.15) is 0 Å². The molecule has 1 N–H and O–H groups in total. The fourth-order valence-corrected chi connectivity index (χ4v) is 0.712. The van der Waals surface area contributed by atoms with Crippen molar-refractivity contribution in [3.8, 4) is 0 Å². The SMILES string of the molecule is CC(C)(C)NC(=O)[C@@]1(C)CO1. The molecule has 0 saturated carbocycles. The molecule has 0 spiro atoms. The van der Waals surface area contributed by atoms with Crippen LogP contribution in [0.1, 0.15) is 27.7 Å². The molecule has 1 atom stereocenters. The van der Waals surface area contributed by atoms with Gasteiger partial charge in [0.25, 0.3) is 5.91 Å². The molecule has 1 rings (SSSR count). The normalized spacial score (nSPS) is 29.8. The van der Waals surface area contributed by atoms with Gasteiger partial charge in [-0.3, -0.25) is 4.79 Å². The average molecular weight is 157 g/mol. The number of amides is 1. The topological polar surface area (TPSA) is 41.6 Å². The van der Waals surface area contributed by atoms with Crippen LogP contribution in [0.15, 0.2) is 0 Å². The minimum Gasteiger partial charge on any atom is -0.359 e. The summed E-state index contributed by atoms with van der Waals surface area (Å²) in [7, 11) is 0. The van der Waals surface area contributed by atoms with E-state index in [4.69, 9.17) is 4.74 Å². The van der Waals surface area contributed by atoms with E-state index in [9.17, 15) is 4.79 Å². The molecule has 0 bridgehead atoms. The lowest BCUT2D eigenvalue weighted by Crippen LogP contribution is -2.46. The summed E-state index contributed by atoms with van der Waals surface area (Å²) in [5, 5.41) is 2.86. The van der Waals surface area contributed by atoms with Crippen molar-refractivity contribution in [2.75, 3.05) is 6.61 Å². The van der Waals surface area contributed by atoms with Crippen LogP contribution in [0.4, 0.5) is 0 Å². The van der Waals surface area contributed by atoms with Gasteiger partial charge in [0.2, 0.25) is 0 Å². The van der Waals surface area contributed by atoms with Crippen molar-refractivity contribution in [1.82, 2.24) is 5.32 Å². The molecule has 11 heavy (non-hydrogen) atoms. The summed E-state index contributed by atoms with van der Waals surface area (Å²) < 4.78 is 4.99. The number of hydrogen-bond donors (Lipinski definition) is 1. The van der Waals surface area contributed by atoms with Crippen LogP contribution in [0, 0.1) is 0 Å². The summed E-state index contributed by atoms with van der Waals surface area (Å²) in [4.78, 5) is 11.3. The van der Waals surface area contributed by atoms with Crippen LogP contribution in [0.5, 0.6) is 0 Å². The highest BCUT2D eigenvalue weighted by atomic mass is 16.6. The van der Waals surface area contributed by atoms with E-state index in [0.717, 1.165) is 0 Å². The monoisotopic (exact) mass is 157 g/mol.